The van der Waals surface area contributed by atoms with Gasteiger partial charge in [-0.3, -0.25) is 14.2 Å². The van der Waals surface area contributed by atoms with Crippen molar-refractivity contribution in [3.05, 3.63) is 75.2 Å². The van der Waals surface area contributed by atoms with E-state index in [-0.39, 0.29) is 17.5 Å². The van der Waals surface area contributed by atoms with E-state index in [0.717, 1.165) is 55.7 Å². The van der Waals surface area contributed by atoms with Crippen LogP contribution in [0.5, 0.6) is 0 Å². The van der Waals surface area contributed by atoms with Gasteiger partial charge in [0, 0.05) is 79.7 Å². The molecule has 10 heteroatoms. The predicted octanol–water partition coefficient (Wildman–Crippen LogP) is 5.41. The number of fused-ring (bicyclic) bond motifs is 1. The second-order valence-electron chi connectivity index (χ2n) is 11.8. The third-order valence-electron chi connectivity index (χ3n) is 8.86. The Labute approximate surface area is 257 Å². The maximum absolute atomic E-state index is 14.4. The van der Waals surface area contributed by atoms with Crippen molar-refractivity contribution in [2.24, 2.45) is 0 Å². The molecule has 4 heterocycles. The topological polar surface area (TPSA) is 86.6 Å². The number of nitrogens with zero attached hydrogens (tertiary/aromatic N) is 6. The minimum absolute atomic E-state index is 0.00728. The van der Waals surface area contributed by atoms with Crippen LogP contribution in [0.25, 0.3) is 22.2 Å². The molecule has 0 bridgehead atoms. The molecule has 2 aliphatic rings. The number of halogens is 1. The van der Waals surface area contributed by atoms with E-state index in [1.165, 1.54) is 11.3 Å². The summed E-state index contributed by atoms with van der Waals surface area (Å²) >= 11 is 6.60. The molecule has 4 aromatic rings. The number of anilines is 3. The summed E-state index contributed by atoms with van der Waals surface area (Å²) in [5.41, 5.74) is 5.69. The molecular weight excluding hydrogens is 562 g/mol. The first-order valence-corrected chi connectivity index (χ1v) is 15.3. The molecule has 1 N–H and O–H groups in total. The fraction of sp³-hybridized carbons (Fsp3) is 0.394. The van der Waals surface area contributed by atoms with Crippen molar-refractivity contribution < 1.29 is 4.79 Å². The quantitative estimate of drug-likeness (QED) is 0.328. The van der Waals surface area contributed by atoms with Crippen LogP contribution in [0.2, 0.25) is 5.02 Å². The molecule has 0 saturated carbocycles. The summed E-state index contributed by atoms with van der Waals surface area (Å²) < 4.78 is 1.77. The van der Waals surface area contributed by atoms with E-state index >= 15 is 0 Å². The molecule has 2 aromatic heterocycles. The van der Waals surface area contributed by atoms with Crippen LogP contribution in [-0.2, 0) is 4.79 Å². The molecule has 1 amide bonds. The van der Waals surface area contributed by atoms with Crippen molar-refractivity contribution in [3.63, 3.8) is 0 Å². The lowest BCUT2D eigenvalue weighted by Gasteiger charge is -2.35. The van der Waals surface area contributed by atoms with Gasteiger partial charge in [0.05, 0.1) is 11.6 Å². The molecular formula is C33H38ClN7O2. The molecule has 1 atom stereocenters. The molecule has 2 saturated heterocycles. The number of likely N-dealkylation sites (tertiary alicyclic amines) is 1. The van der Waals surface area contributed by atoms with Gasteiger partial charge in [0.25, 0.3) is 5.56 Å². The van der Waals surface area contributed by atoms with Crippen molar-refractivity contribution >= 4 is 45.9 Å². The summed E-state index contributed by atoms with van der Waals surface area (Å²) in [7, 11) is 2.16. The number of pyridine rings is 1. The first kappa shape index (κ1) is 29.1. The van der Waals surface area contributed by atoms with Crippen LogP contribution in [0, 0.1) is 13.8 Å². The number of aryl methyl sites for hydroxylation is 2. The van der Waals surface area contributed by atoms with Crippen LogP contribution >= 0.6 is 11.6 Å². The Morgan fingerprint density at radius 1 is 1.05 bits per heavy atom. The van der Waals surface area contributed by atoms with Gasteiger partial charge in [0.2, 0.25) is 11.9 Å². The van der Waals surface area contributed by atoms with Crippen LogP contribution in [0.15, 0.2) is 53.5 Å². The van der Waals surface area contributed by atoms with Gasteiger partial charge >= 0.3 is 0 Å². The van der Waals surface area contributed by atoms with Gasteiger partial charge in [-0.1, -0.05) is 29.8 Å². The largest absolute Gasteiger partial charge is 0.369 e. The van der Waals surface area contributed by atoms with E-state index < -0.39 is 0 Å². The second-order valence-corrected chi connectivity index (χ2v) is 12.2. The molecule has 2 aliphatic heterocycles. The monoisotopic (exact) mass is 599 g/mol. The lowest BCUT2D eigenvalue weighted by atomic mass is 9.98. The molecule has 224 valence electrons. The van der Waals surface area contributed by atoms with Gasteiger partial charge in [-0.05, 0) is 69.1 Å². The standard InChI is InChI=1S/C33H38ClN7O2/c1-21-18-24(11-12-29(21)39-16-14-38(4)15-17-39)36-33-35-19-27-22(2)30(26-9-5-6-10-28(26)34)32(43)41(31(27)37-33)25-8-7-13-40(20-25)23(3)42/h5-6,9-12,18-19,25H,7-8,13-17,20H2,1-4H3,(H,35,36,37)/t25-/m0/s1. The minimum atomic E-state index is -0.220. The number of aromatic nitrogens is 3. The predicted molar refractivity (Wildman–Crippen MR) is 174 cm³/mol. The number of nitrogens with one attached hydrogen (secondary N) is 1. The number of hydrogen-bond donors (Lipinski definition) is 1. The van der Waals surface area contributed by atoms with E-state index in [9.17, 15) is 9.59 Å². The summed E-state index contributed by atoms with van der Waals surface area (Å²) in [6.07, 6.45) is 3.36. The number of likely N-dealkylation sites (N-methyl/N-ethyl adjacent to an activating group) is 1. The fourth-order valence-electron chi connectivity index (χ4n) is 6.43. The zero-order valence-electron chi connectivity index (χ0n) is 25.2. The number of amides is 1. The van der Waals surface area contributed by atoms with Crippen molar-refractivity contribution in [2.75, 3.05) is 56.5 Å². The van der Waals surface area contributed by atoms with Crippen molar-refractivity contribution in [3.8, 4) is 11.1 Å². The Bertz CT molecular complexity index is 1750. The van der Waals surface area contributed by atoms with E-state index in [1.54, 1.807) is 23.8 Å². The molecule has 9 nitrogen and oxygen atoms in total. The van der Waals surface area contributed by atoms with Gasteiger partial charge in [-0.2, -0.15) is 4.98 Å². The highest BCUT2D eigenvalue weighted by atomic mass is 35.5. The number of hydrogen-bond acceptors (Lipinski definition) is 7. The molecule has 2 aromatic carbocycles. The third kappa shape index (κ3) is 5.71. The van der Waals surface area contributed by atoms with E-state index in [1.807, 2.05) is 30.0 Å². The Hall–Kier alpha value is -3.95. The van der Waals surface area contributed by atoms with Crippen molar-refractivity contribution in [1.29, 1.82) is 0 Å². The molecule has 0 aliphatic carbocycles. The van der Waals surface area contributed by atoms with Crippen molar-refractivity contribution in [1.82, 2.24) is 24.3 Å². The highest BCUT2D eigenvalue weighted by Crippen LogP contribution is 2.34. The van der Waals surface area contributed by atoms with E-state index in [4.69, 9.17) is 16.6 Å². The number of carbonyl (C=O) groups is 1. The van der Waals surface area contributed by atoms with Crippen LogP contribution in [0.1, 0.15) is 36.9 Å². The average molecular weight is 600 g/mol. The van der Waals surface area contributed by atoms with Crippen LogP contribution in [-0.4, -0.2) is 76.6 Å². The molecule has 2 fully saturated rings. The molecule has 0 radical (unpaired) electrons. The maximum Gasteiger partial charge on any atom is 0.260 e. The third-order valence-corrected chi connectivity index (χ3v) is 9.19. The highest BCUT2D eigenvalue weighted by Gasteiger charge is 2.28. The summed E-state index contributed by atoms with van der Waals surface area (Å²) in [6.45, 7) is 10.9. The Balaban J connectivity index is 1.42. The number of carbonyl (C=O) groups excluding carboxylic acids is 1. The van der Waals surface area contributed by atoms with Gasteiger partial charge in [-0.25, -0.2) is 4.98 Å². The Morgan fingerprint density at radius 3 is 2.53 bits per heavy atom. The second kappa shape index (κ2) is 12.0. The van der Waals surface area contributed by atoms with Crippen LogP contribution in [0.4, 0.5) is 17.3 Å². The molecule has 43 heavy (non-hydrogen) atoms. The minimum Gasteiger partial charge on any atom is -0.369 e. The lowest BCUT2D eigenvalue weighted by Crippen LogP contribution is -2.44. The highest BCUT2D eigenvalue weighted by molar-refractivity contribution is 6.33. The fourth-order valence-corrected chi connectivity index (χ4v) is 6.66. The van der Waals surface area contributed by atoms with E-state index in [0.29, 0.717) is 40.8 Å². The first-order chi connectivity index (χ1) is 20.7. The molecule has 0 unspecified atom stereocenters. The van der Waals surface area contributed by atoms with Gasteiger partial charge in [0.1, 0.15) is 5.65 Å². The van der Waals surface area contributed by atoms with E-state index in [2.05, 4.69) is 52.3 Å². The average Bonchev–Trinajstić information content (AvgIpc) is 2.99. The van der Waals surface area contributed by atoms with Crippen LogP contribution in [0.3, 0.4) is 0 Å². The Kier molecular flexibility index (Phi) is 8.11. The van der Waals surface area contributed by atoms with Gasteiger partial charge in [0.15, 0.2) is 0 Å². The van der Waals surface area contributed by atoms with Gasteiger partial charge in [-0.15, -0.1) is 0 Å². The lowest BCUT2D eigenvalue weighted by molar-refractivity contribution is -0.130. The Morgan fingerprint density at radius 2 is 1.81 bits per heavy atom. The smallest absolute Gasteiger partial charge is 0.260 e. The molecule has 0 spiro atoms. The van der Waals surface area contributed by atoms with Gasteiger partial charge < -0.3 is 20.0 Å². The zero-order valence-corrected chi connectivity index (χ0v) is 26.0. The zero-order chi connectivity index (χ0) is 30.2. The van der Waals surface area contributed by atoms with Crippen LogP contribution < -0.4 is 15.8 Å². The first-order valence-electron chi connectivity index (χ1n) is 14.9. The molecule has 6 rings (SSSR count). The number of piperazine rings is 1. The van der Waals surface area contributed by atoms with Crippen molar-refractivity contribution in [2.45, 2.75) is 39.7 Å². The number of rotatable bonds is 5. The summed E-state index contributed by atoms with van der Waals surface area (Å²) in [5.74, 6) is 0.421. The summed E-state index contributed by atoms with van der Waals surface area (Å²) in [6, 6.07) is 13.5. The number of piperidine rings is 1. The SMILES string of the molecule is CC(=O)N1CCC[C@H](n2c(=O)c(-c3ccccc3Cl)c(C)c3cnc(Nc4ccc(N5CCN(C)CC5)c(C)c4)nc32)C1. The normalized spacial score (nSPS) is 17.8. The summed E-state index contributed by atoms with van der Waals surface area (Å²) in [5, 5.41) is 4.67. The number of benzene rings is 2. The maximum atomic E-state index is 14.4. The summed E-state index contributed by atoms with van der Waals surface area (Å²) in [4.78, 5) is 42.9.